The highest BCUT2D eigenvalue weighted by atomic mass is 32.1. The SMILES string of the molecule is CCCc1cc(-c2nc3c(s2)OCCC3)ccc1OCCCOc1ccc2c(c1)CC[C@H]2CC(=O)O. The average Bonchev–Trinajstić information content (AvgIpc) is 3.48. The molecule has 3 aromatic rings. The van der Waals surface area contributed by atoms with Crippen LogP contribution in [-0.4, -0.2) is 35.9 Å². The summed E-state index contributed by atoms with van der Waals surface area (Å²) < 4.78 is 17.9. The Morgan fingerprint density at radius 1 is 1.17 bits per heavy atom. The molecule has 36 heavy (non-hydrogen) atoms. The first-order valence-electron chi connectivity index (χ1n) is 13.0. The van der Waals surface area contributed by atoms with Crippen LogP contribution in [0.2, 0.25) is 0 Å². The fraction of sp³-hybridized carbons (Fsp3) is 0.448. The summed E-state index contributed by atoms with van der Waals surface area (Å²) >= 11 is 1.64. The lowest BCUT2D eigenvalue weighted by molar-refractivity contribution is -0.137. The second-order valence-corrected chi connectivity index (χ2v) is 10.5. The first-order chi connectivity index (χ1) is 17.6. The van der Waals surface area contributed by atoms with Crippen molar-refractivity contribution in [1.29, 1.82) is 0 Å². The lowest BCUT2D eigenvalue weighted by Gasteiger charge is -2.13. The summed E-state index contributed by atoms with van der Waals surface area (Å²) in [5.74, 6) is 1.16. The molecule has 0 saturated heterocycles. The van der Waals surface area contributed by atoms with Gasteiger partial charge in [0.2, 0.25) is 0 Å². The van der Waals surface area contributed by atoms with Crippen LogP contribution in [0.15, 0.2) is 36.4 Å². The van der Waals surface area contributed by atoms with E-state index in [0.717, 1.165) is 89.9 Å². The Hall–Kier alpha value is -3.06. The lowest BCUT2D eigenvalue weighted by Crippen LogP contribution is -2.07. The van der Waals surface area contributed by atoms with Crippen molar-refractivity contribution in [1.82, 2.24) is 4.98 Å². The van der Waals surface area contributed by atoms with E-state index < -0.39 is 5.97 Å². The summed E-state index contributed by atoms with van der Waals surface area (Å²) in [6.07, 6.45) is 6.83. The first kappa shape index (κ1) is 24.6. The van der Waals surface area contributed by atoms with Gasteiger partial charge in [-0.2, -0.15) is 0 Å². The zero-order valence-corrected chi connectivity index (χ0v) is 21.6. The number of nitrogens with zero attached hydrogens (tertiary/aromatic N) is 1. The maximum absolute atomic E-state index is 11.1. The van der Waals surface area contributed by atoms with Crippen LogP contribution < -0.4 is 14.2 Å². The summed E-state index contributed by atoms with van der Waals surface area (Å²) in [5.41, 5.74) is 5.79. The Balaban J connectivity index is 1.14. The maximum Gasteiger partial charge on any atom is 0.303 e. The summed E-state index contributed by atoms with van der Waals surface area (Å²) in [6.45, 7) is 4.12. The van der Waals surface area contributed by atoms with Gasteiger partial charge in [-0.3, -0.25) is 4.79 Å². The molecule has 190 valence electrons. The number of rotatable bonds is 11. The predicted octanol–water partition coefficient (Wildman–Crippen LogP) is 6.44. The third-order valence-corrected chi connectivity index (χ3v) is 7.89. The molecule has 6 nitrogen and oxygen atoms in total. The van der Waals surface area contributed by atoms with Gasteiger partial charge in [-0.1, -0.05) is 30.7 Å². The van der Waals surface area contributed by atoms with Crippen LogP contribution in [0.4, 0.5) is 0 Å². The number of carboxylic acids is 1. The minimum Gasteiger partial charge on any atom is -0.493 e. The highest BCUT2D eigenvalue weighted by Crippen LogP contribution is 2.39. The molecule has 5 rings (SSSR count). The minimum atomic E-state index is -0.735. The Morgan fingerprint density at radius 2 is 2.06 bits per heavy atom. The van der Waals surface area contributed by atoms with Crippen molar-refractivity contribution < 1.29 is 24.1 Å². The van der Waals surface area contributed by atoms with E-state index in [0.29, 0.717) is 13.2 Å². The van der Waals surface area contributed by atoms with Crippen molar-refractivity contribution in [2.75, 3.05) is 19.8 Å². The second kappa shape index (κ2) is 11.3. The van der Waals surface area contributed by atoms with Crippen LogP contribution in [0.3, 0.4) is 0 Å². The first-order valence-corrected chi connectivity index (χ1v) is 13.8. The Bertz CT molecular complexity index is 1200. The van der Waals surface area contributed by atoms with Gasteiger partial charge in [-0.15, -0.1) is 0 Å². The van der Waals surface area contributed by atoms with Gasteiger partial charge in [-0.05, 0) is 85.0 Å². The van der Waals surface area contributed by atoms with Gasteiger partial charge in [0, 0.05) is 12.0 Å². The number of aliphatic carboxylic acids is 1. The van der Waals surface area contributed by atoms with Gasteiger partial charge in [0.1, 0.15) is 16.5 Å². The third kappa shape index (κ3) is 5.67. The molecule has 0 bridgehead atoms. The Labute approximate surface area is 216 Å². The van der Waals surface area contributed by atoms with Gasteiger partial charge in [0.15, 0.2) is 5.06 Å². The molecule has 1 atom stereocenters. The van der Waals surface area contributed by atoms with Crippen LogP contribution in [0.1, 0.15) is 67.3 Å². The van der Waals surface area contributed by atoms with E-state index in [1.54, 1.807) is 11.3 Å². The number of hydrogen-bond donors (Lipinski definition) is 1. The topological polar surface area (TPSA) is 77.9 Å². The zero-order valence-electron chi connectivity index (χ0n) is 20.8. The van der Waals surface area contributed by atoms with Crippen LogP contribution in [-0.2, 0) is 24.1 Å². The number of carbonyl (C=O) groups is 1. The molecule has 1 aromatic heterocycles. The molecule has 1 aliphatic heterocycles. The lowest BCUT2D eigenvalue weighted by atomic mass is 9.98. The van der Waals surface area contributed by atoms with Gasteiger partial charge in [0.25, 0.3) is 0 Å². The van der Waals surface area contributed by atoms with Crippen LogP contribution in [0, 0.1) is 0 Å². The van der Waals surface area contributed by atoms with Gasteiger partial charge >= 0.3 is 5.97 Å². The number of aromatic nitrogens is 1. The molecule has 0 spiro atoms. The van der Waals surface area contributed by atoms with E-state index in [9.17, 15) is 4.79 Å². The van der Waals surface area contributed by atoms with Crippen molar-refractivity contribution in [3.8, 4) is 27.1 Å². The second-order valence-electron chi connectivity index (χ2n) is 9.52. The van der Waals surface area contributed by atoms with E-state index in [1.807, 2.05) is 12.1 Å². The van der Waals surface area contributed by atoms with Crippen LogP contribution in [0.5, 0.6) is 16.6 Å². The summed E-state index contributed by atoms with van der Waals surface area (Å²) in [7, 11) is 0. The smallest absolute Gasteiger partial charge is 0.303 e. The molecule has 2 aliphatic rings. The van der Waals surface area contributed by atoms with Gasteiger partial charge < -0.3 is 19.3 Å². The Morgan fingerprint density at radius 3 is 2.89 bits per heavy atom. The molecule has 0 fully saturated rings. The van der Waals surface area contributed by atoms with Crippen molar-refractivity contribution in [3.05, 3.63) is 58.8 Å². The third-order valence-electron chi connectivity index (χ3n) is 6.83. The highest BCUT2D eigenvalue weighted by Gasteiger charge is 2.25. The van der Waals surface area contributed by atoms with Gasteiger partial charge in [0.05, 0.1) is 31.9 Å². The highest BCUT2D eigenvalue weighted by molar-refractivity contribution is 7.17. The summed E-state index contributed by atoms with van der Waals surface area (Å²) in [4.78, 5) is 15.9. The molecule has 0 saturated carbocycles. The molecule has 0 amide bonds. The molecular formula is C29H33NO5S. The van der Waals surface area contributed by atoms with Crippen molar-refractivity contribution >= 4 is 17.3 Å². The van der Waals surface area contributed by atoms with E-state index in [1.165, 1.54) is 11.1 Å². The standard InChI is InChI=1S/C29H33NO5S/c1-2-5-21-16-22(28-30-25-6-3-13-35-29(25)36-28)9-12-26(21)34-15-4-14-33-23-10-11-24-19(17-23)7-8-20(24)18-27(31)32/h9-12,16-17,20H,2-8,13-15,18H2,1H3,(H,31,32)/t20-/m0/s1. The minimum absolute atomic E-state index is 0.123. The molecule has 1 N–H and O–H groups in total. The molecule has 7 heteroatoms. The Kier molecular flexibility index (Phi) is 7.75. The number of benzene rings is 2. The molecule has 2 aromatic carbocycles. The fourth-order valence-corrected chi connectivity index (χ4v) is 6.06. The van der Waals surface area contributed by atoms with Gasteiger partial charge in [-0.25, -0.2) is 4.98 Å². The largest absolute Gasteiger partial charge is 0.493 e. The number of carboxylic acid groups (broad SMARTS) is 1. The summed E-state index contributed by atoms with van der Waals surface area (Å²) in [6, 6.07) is 12.4. The number of thiazole rings is 1. The monoisotopic (exact) mass is 507 g/mol. The van der Waals surface area contributed by atoms with Crippen LogP contribution in [0.25, 0.3) is 10.6 Å². The number of ether oxygens (including phenoxy) is 3. The van der Waals surface area contributed by atoms with E-state index in [2.05, 4.69) is 31.2 Å². The van der Waals surface area contributed by atoms with Crippen molar-refractivity contribution in [2.45, 2.75) is 64.2 Å². The molecule has 2 heterocycles. The number of fused-ring (bicyclic) bond motifs is 2. The van der Waals surface area contributed by atoms with E-state index in [-0.39, 0.29) is 12.3 Å². The number of aryl methyl sites for hydroxylation is 3. The maximum atomic E-state index is 11.1. The molecular weight excluding hydrogens is 474 g/mol. The predicted molar refractivity (Wildman–Crippen MR) is 141 cm³/mol. The van der Waals surface area contributed by atoms with Crippen molar-refractivity contribution in [3.63, 3.8) is 0 Å². The molecule has 0 radical (unpaired) electrons. The fourth-order valence-electron chi connectivity index (χ4n) is 5.08. The zero-order chi connectivity index (χ0) is 24.9. The quantitative estimate of drug-likeness (QED) is 0.301. The molecule has 1 aliphatic carbocycles. The number of hydrogen-bond acceptors (Lipinski definition) is 6. The average molecular weight is 508 g/mol. The normalized spacial score (nSPS) is 16.2. The van der Waals surface area contributed by atoms with Crippen LogP contribution >= 0.6 is 11.3 Å². The molecule has 0 unspecified atom stereocenters. The van der Waals surface area contributed by atoms with Crippen molar-refractivity contribution in [2.24, 2.45) is 0 Å². The van der Waals surface area contributed by atoms with E-state index in [4.69, 9.17) is 24.3 Å². The summed E-state index contributed by atoms with van der Waals surface area (Å²) in [5, 5.41) is 11.1. The van der Waals surface area contributed by atoms with E-state index >= 15 is 0 Å².